The van der Waals surface area contributed by atoms with Gasteiger partial charge in [-0.25, -0.2) is 4.39 Å². The fourth-order valence-corrected chi connectivity index (χ4v) is 4.51. The van der Waals surface area contributed by atoms with Crippen molar-refractivity contribution in [2.45, 2.75) is 32.0 Å². The number of carbonyl (C=O) groups excluding carboxylic acids is 2. The molecule has 178 valence electrons. The molecule has 0 saturated carbocycles. The lowest BCUT2D eigenvalue weighted by Gasteiger charge is -2.13. The van der Waals surface area contributed by atoms with Crippen LogP contribution in [-0.4, -0.2) is 32.2 Å². The van der Waals surface area contributed by atoms with Crippen LogP contribution in [0, 0.1) is 12.7 Å². The predicted octanol–water partition coefficient (Wildman–Crippen LogP) is 5.55. The highest BCUT2D eigenvalue weighted by Crippen LogP contribution is 2.30. The van der Waals surface area contributed by atoms with Crippen LogP contribution in [0.3, 0.4) is 0 Å². The van der Waals surface area contributed by atoms with E-state index in [0.29, 0.717) is 22.1 Å². The van der Waals surface area contributed by atoms with Crippen LogP contribution in [0.5, 0.6) is 0 Å². The molecule has 4 rings (SSSR count). The van der Waals surface area contributed by atoms with Crippen molar-refractivity contribution < 1.29 is 14.0 Å². The molecule has 0 spiro atoms. The van der Waals surface area contributed by atoms with Gasteiger partial charge in [-0.05, 0) is 43.7 Å². The van der Waals surface area contributed by atoms with Gasteiger partial charge in [0.2, 0.25) is 5.91 Å². The van der Waals surface area contributed by atoms with Crippen LogP contribution in [0.1, 0.15) is 41.4 Å². The van der Waals surface area contributed by atoms with Gasteiger partial charge in [0, 0.05) is 18.2 Å². The summed E-state index contributed by atoms with van der Waals surface area (Å²) >= 11 is 1.25. The summed E-state index contributed by atoms with van der Waals surface area (Å²) in [6.07, 6.45) is 0. The smallest absolute Gasteiger partial charge is 0.217 e. The maximum atomic E-state index is 14.6. The van der Waals surface area contributed by atoms with Crippen LogP contribution in [0.2, 0.25) is 0 Å². The van der Waals surface area contributed by atoms with E-state index < -0.39 is 5.82 Å². The largest absolute Gasteiger partial charge is 0.350 e. The lowest BCUT2D eigenvalue weighted by molar-refractivity contribution is -0.119. The molecule has 8 heteroatoms. The SMILES string of the molecule is CC(=O)NC(C)c1ccc(C(=O)CSc2nnc(-c3ccccc3F)n2-c2ccc(C)cc2)cc1. The van der Waals surface area contributed by atoms with Gasteiger partial charge in [0.05, 0.1) is 17.4 Å². The summed E-state index contributed by atoms with van der Waals surface area (Å²) in [7, 11) is 0. The Labute approximate surface area is 207 Å². The summed E-state index contributed by atoms with van der Waals surface area (Å²) < 4.78 is 16.3. The molecule has 3 aromatic carbocycles. The first-order chi connectivity index (χ1) is 16.8. The molecule has 0 saturated heterocycles. The molecule has 1 heterocycles. The first-order valence-electron chi connectivity index (χ1n) is 11.1. The number of aromatic nitrogens is 3. The Hall–Kier alpha value is -3.78. The Balaban J connectivity index is 1.58. The minimum atomic E-state index is -0.394. The number of nitrogens with zero attached hydrogens (tertiary/aromatic N) is 3. The molecule has 1 amide bonds. The minimum Gasteiger partial charge on any atom is -0.350 e. The zero-order valence-corrected chi connectivity index (χ0v) is 20.5. The number of hydrogen-bond donors (Lipinski definition) is 1. The molecule has 0 fully saturated rings. The van der Waals surface area contributed by atoms with Crippen LogP contribution in [-0.2, 0) is 4.79 Å². The molecular formula is C27H25FN4O2S. The van der Waals surface area contributed by atoms with Crippen LogP contribution < -0.4 is 5.32 Å². The second kappa shape index (κ2) is 10.7. The monoisotopic (exact) mass is 488 g/mol. The highest BCUT2D eigenvalue weighted by atomic mass is 32.2. The Kier molecular flexibility index (Phi) is 7.41. The number of Topliss-reactive ketones (excluding diaryl/α,β-unsaturated/α-hetero) is 1. The van der Waals surface area contributed by atoms with E-state index in [4.69, 9.17) is 0 Å². The quantitative estimate of drug-likeness (QED) is 0.260. The maximum absolute atomic E-state index is 14.6. The summed E-state index contributed by atoms with van der Waals surface area (Å²) in [6.45, 7) is 5.35. The van der Waals surface area contributed by atoms with Gasteiger partial charge in [0.1, 0.15) is 5.82 Å². The average Bonchev–Trinajstić information content (AvgIpc) is 3.26. The number of halogens is 1. The van der Waals surface area contributed by atoms with Crippen LogP contribution in [0.15, 0.2) is 78.0 Å². The maximum Gasteiger partial charge on any atom is 0.217 e. The standard InChI is InChI=1S/C27H25FN4O2S/c1-17-8-14-22(15-9-17)32-26(23-6-4-5-7-24(23)28)30-31-27(32)35-16-25(34)21-12-10-20(11-13-21)18(2)29-19(3)33/h4-15,18H,16H2,1-3H3,(H,29,33). The van der Waals surface area contributed by atoms with Gasteiger partial charge >= 0.3 is 0 Å². The number of hydrogen-bond acceptors (Lipinski definition) is 5. The second-order valence-electron chi connectivity index (χ2n) is 8.21. The third-order valence-corrected chi connectivity index (χ3v) is 6.45. The summed E-state index contributed by atoms with van der Waals surface area (Å²) in [5.41, 5.74) is 3.69. The highest BCUT2D eigenvalue weighted by molar-refractivity contribution is 7.99. The third kappa shape index (κ3) is 5.66. The van der Waals surface area contributed by atoms with Crippen molar-refractivity contribution in [1.29, 1.82) is 0 Å². The van der Waals surface area contributed by atoms with Gasteiger partial charge in [-0.1, -0.05) is 65.9 Å². The Morgan fingerprint density at radius 3 is 2.34 bits per heavy atom. The number of ketones is 1. The summed E-state index contributed by atoms with van der Waals surface area (Å²) in [4.78, 5) is 24.2. The topological polar surface area (TPSA) is 76.9 Å². The van der Waals surface area contributed by atoms with Gasteiger partial charge in [0.15, 0.2) is 16.8 Å². The van der Waals surface area contributed by atoms with E-state index in [1.54, 1.807) is 34.9 Å². The second-order valence-corrected chi connectivity index (χ2v) is 9.16. The Morgan fingerprint density at radius 1 is 1.00 bits per heavy atom. The lowest BCUT2D eigenvalue weighted by atomic mass is 10.0. The summed E-state index contributed by atoms with van der Waals surface area (Å²) in [6, 6.07) is 21.2. The van der Waals surface area contributed by atoms with Crippen molar-refractivity contribution in [3.05, 3.63) is 95.3 Å². The van der Waals surface area contributed by atoms with E-state index in [2.05, 4.69) is 15.5 Å². The number of aryl methyl sites for hydroxylation is 1. The van der Waals surface area contributed by atoms with E-state index in [9.17, 15) is 14.0 Å². The molecule has 1 unspecified atom stereocenters. The molecule has 0 bridgehead atoms. The normalized spacial score (nSPS) is 11.8. The van der Waals surface area contributed by atoms with Crippen molar-refractivity contribution in [3.8, 4) is 17.1 Å². The van der Waals surface area contributed by atoms with Crippen molar-refractivity contribution in [3.63, 3.8) is 0 Å². The minimum absolute atomic E-state index is 0.0698. The van der Waals surface area contributed by atoms with Crippen molar-refractivity contribution in [2.75, 3.05) is 5.75 Å². The van der Waals surface area contributed by atoms with Crippen LogP contribution in [0.4, 0.5) is 4.39 Å². The third-order valence-electron chi connectivity index (χ3n) is 5.53. The average molecular weight is 489 g/mol. The first kappa shape index (κ1) is 24.3. The van der Waals surface area contributed by atoms with Crippen LogP contribution >= 0.6 is 11.8 Å². The molecular weight excluding hydrogens is 463 g/mol. The van der Waals surface area contributed by atoms with Crippen LogP contribution in [0.25, 0.3) is 17.1 Å². The zero-order valence-electron chi connectivity index (χ0n) is 19.7. The number of thioether (sulfide) groups is 1. The molecule has 6 nitrogen and oxygen atoms in total. The molecule has 1 atom stereocenters. The van der Waals surface area contributed by atoms with E-state index in [0.717, 1.165) is 16.8 Å². The number of benzene rings is 3. The molecule has 0 aliphatic heterocycles. The number of nitrogens with one attached hydrogen (secondary N) is 1. The van der Waals surface area contributed by atoms with Crippen molar-refractivity contribution in [1.82, 2.24) is 20.1 Å². The molecule has 0 aliphatic carbocycles. The number of amides is 1. The Bertz CT molecular complexity index is 1350. The molecule has 4 aromatic rings. The van der Waals surface area contributed by atoms with Crippen molar-refractivity contribution >= 4 is 23.5 Å². The molecule has 35 heavy (non-hydrogen) atoms. The summed E-state index contributed by atoms with van der Waals surface area (Å²) in [5.74, 6) is -0.0594. The van der Waals surface area contributed by atoms with Gasteiger partial charge < -0.3 is 5.32 Å². The Morgan fingerprint density at radius 2 is 1.69 bits per heavy atom. The summed E-state index contributed by atoms with van der Waals surface area (Å²) in [5, 5.41) is 11.9. The van der Waals surface area contributed by atoms with Gasteiger partial charge in [0.25, 0.3) is 0 Å². The zero-order chi connectivity index (χ0) is 24.9. The lowest BCUT2D eigenvalue weighted by Crippen LogP contribution is -2.23. The van der Waals surface area contributed by atoms with Gasteiger partial charge in [-0.15, -0.1) is 10.2 Å². The van der Waals surface area contributed by atoms with Gasteiger partial charge in [-0.3, -0.25) is 14.2 Å². The van der Waals surface area contributed by atoms with E-state index >= 15 is 0 Å². The first-order valence-corrected chi connectivity index (χ1v) is 12.1. The number of rotatable bonds is 8. The van der Waals surface area contributed by atoms with E-state index in [1.165, 1.54) is 24.8 Å². The highest BCUT2D eigenvalue weighted by Gasteiger charge is 2.20. The van der Waals surface area contributed by atoms with E-state index in [-0.39, 0.29) is 23.5 Å². The molecule has 1 aromatic heterocycles. The van der Waals surface area contributed by atoms with Gasteiger partial charge in [-0.2, -0.15) is 0 Å². The van der Waals surface area contributed by atoms with Crippen molar-refractivity contribution in [2.24, 2.45) is 0 Å². The predicted molar refractivity (Wildman–Crippen MR) is 135 cm³/mol. The van der Waals surface area contributed by atoms with E-state index in [1.807, 2.05) is 50.2 Å². The molecule has 1 N–H and O–H groups in total. The number of carbonyl (C=O) groups is 2. The molecule has 0 radical (unpaired) electrons. The molecule has 0 aliphatic rings. The fraction of sp³-hybridized carbons (Fsp3) is 0.185. The fourth-order valence-electron chi connectivity index (χ4n) is 3.67.